The molecule has 0 aromatic carbocycles. The monoisotopic (exact) mass is 153 g/mol. The van der Waals surface area contributed by atoms with Crippen LogP contribution in [0, 0.1) is 5.41 Å². The molecule has 0 saturated carbocycles. The number of aliphatic hydroxyl groups excluding tert-OH is 2. The number of rotatable bonds is 2. The molecular weight excluding hydrogens is 142 g/mol. The standard InChI is InChI=1S/C5H11NO2.ClH/c7-3-5(4-8)1-6-2-5;/h6-8H,1-4H2;1H. The van der Waals surface area contributed by atoms with Crippen molar-refractivity contribution in [1.29, 1.82) is 0 Å². The topological polar surface area (TPSA) is 52.5 Å². The highest BCUT2D eigenvalue weighted by Crippen LogP contribution is 2.19. The van der Waals surface area contributed by atoms with Gasteiger partial charge >= 0.3 is 0 Å². The van der Waals surface area contributed by atoms with Crippen molar-refractivity contribution >= 4 is 12.4 Å². The second kappa shape index (κ2) is 3.37. The van der Waals surface area contributed by atoms with Crippen LogP contribution in [-0.2, 0) is 0 Å². The van der Waals surface area contributed by atoms with Crippen LogP contribution in [0.15, 0.2) is 0 Å². The predicted octanol–water partition coefficient (Wildman–Crippen LogP) is -1.02. The molecule has 1 fully saturated rings. The van der Waals surface area contributed by atoms with Gasteiger partial charge in [0, 0.05) is 18.5 Å². The maximum absolute atomic E-state index is 8.64. The summed E-state index contributed by atoms with van der Waals surface area (Å²) in [5.41, 5.74) is -0.194. The molecule has 9 heavy (non-hydrogen) atoms. The largest absolute Gasteiger partial charge is 0.396 e. The molecule has 1 aliphatic heterocycles. The van der Waals surface area contributed by atoms with Gasteiger partial charge in [-0.3, -0.25) is 0 Å². The molecule has 0 spiro atoms. The summed E-state index contributed by atoms with van der Waals surface area (Å²) in [6, 6.07) is 0. The van der Waals surface area contributed by atoms with Crippen LogP contribution in [0.1, 0.15) is 0 Å². The van der Waals surface area contributed by atoms with Crippen LogP contribution in [0.5, 0.6) is 0 Å². The normalized spacial score (nSPS) is 22.0. The molecule has 1 aliphatic rings. The Balaban J connectivity index is 0.000000640. The van der Waals surface area contributed by atoms with Crippen molar-refractivity contribution in [3.8, 4) is 0 Å². The van der Waals surface area contributed by atoms with Crippen molar-refractivity contribution in [3.05, 3.63) is 0 Å². The molecule has 0 amide bonds. The van der Waals surface area contributed by atoms with E-state index in [1.165, 1.54) is 0 Å². The lowest BCUT2D eigenvalue weighted by atomic mass is 9.84. The van der Waals surface area contributed by atoms with E-state index in [-0.39, 0.29) is 31.0 Å². The highest BCUT2D eigenvalue weighted by Gasteiger charge is 2.35. The molecule has 0 aliphatic carbocycles. The van der Waals surface area contributed by atoms with Gasteiger partial charge < -0.3 is 15.5 Å². The van der Waals surface area contributed by atoms with Crippen LogP contribution in [0.2, 0.25) is 0 Å². The first kappa shape index (κ1) is 9.17. The molecule has 0 unspecified atom stereocenters. The molecule has 1 saturated heterocycles. The average Bonchev–Trinajstić information content (AvgIpc) is 1.67. The lowest BCUT2D eigenvalue weighted by molar-refractivity contribution is 0.0117. The lowest BCUT2D eigenvalue weighted by Crippen LogP contribution is -2.57. The number of nitrogens with one attached hydrogen (secondary N) is 1. The van der Waals surface area contributed by atoms with E-state index in [2.05, 4.69) is 5.32 Å². The number of hydrogen-bond acceptors (Lipinski definition) is 3. The van der Waals surface area contributed by atoms with Gasteiger partial charge in [0.05, 0.1) is 13.2 Å². The maximum Gasteiger partial charge on any atom is 0.0533 e. The van der Waals surface area contributed by atoms with Gasteiger partial charge in [-0.25, -0.2) is 0 Å². The molecule has 0 radical (unpaired) electrons. The second-order valence-electron chi connectivity index (χ2n) is 2.42. The summed E-state index contributed by atoms with van der Waals surface area (Å²) in [7, 11) is 0. The van der Waals surface area contributed by atoms with Crippen LogP contribution >= 0.6 is 12.4 Å². The van der Waals surface area contributed by atoms with E-state index in [1.54, 1.807) is 0 Å². The van der Waals surface area contributed by atoms with E-state index >= 15 is 0 Å². The Bertz CT molecular complexity index is 71.5. The summed E-state index contributed by atoms with van der Waals surface area (Å²) < 4.78 is 0. The lowest BCUT2D eigenvalue weighted by Gasteiger charge is -2.39. The summed E-state index contributed by atoms with van der Waals surface area (Å²) in [5, 5.41) is 20.3. The number of hydrogen-bond donors (Lipinski definition) is 3. The third kappa shape index (κ3) is 1.55. The van der Waals surface area contributed by atoms with Gasteiger partial charge in [-0.1, -0.05) is 0 Å². The first-order valence-corrected chi connectivity index (χ1v) is 2.75. The van der Waals surface area contributed by atoms with Crippen molar-refractivity contribution < 1.29 is 10.2 Å². The van der Waals surface area contributed by atoms with Gasteiger partial charge in [-0.2, -0.15) is 0 Å². The minimum Gasteiger partial charge on any atom is -0.396 e. The van der Waals surface area contributed by atoms with Gasteiger partial charge in [0.25, 0.3) is 0 Å². The van der Waals surface area contributed by atoms with E-state index < -0.39 is 0 Å². The maximum atomic E-state index is 8.64. The van der Waals surface area contributed by atoms with Crippen LogP contribution in [0.25, 0.3) is 0 Å². The minimum atomic E-state index is -0.194. The summed E-state index contributed by atoms with van der Waals surface area (Å²) >= 11 is 0. The van der Waals surface area contributed by atoms with E-state index in [0.29, 0.717) is 0 Å². The van der Waals surface area contributed by atoms with Gasteiger partial charge in [0.2, 0.25) is 0 Å². The molecule has 3 N–H and O–H groups in total. The van der Waals surface area contributed by atoms with Crippen LogP contribution < -0.4 is 5.32 Å². The third-order valence-corrected chi connectivity index (χ3v) is 1.67. The Labute approximate surface area is 60.5 Å². The number of aliphatic hydroxyl groups is 2. The molecule has 1 heterocycles. The van der Waals surface area contributed by atoms with Crippen LogP contribution in [0.3, 0.4) is 0 Å². The average molecular weight is 154 g/mol. The Morgan fingerprint density at radius 2 is 1.67 bits per heavy atom. The molecule has 0 atom stereocenters. The Morgan fingerprint density at radius 1 is 1.22 bits per heavy atom. The van der Waals surface area contributed by atoms with Crippen LogP contribution in [-0.4, -0.2) is 36.5 Å². The van der Waals surface area contributed by atoms with E-state index in [1.807, 2.05) is 0 Å². The smallest absolute Gasteiger partial charge is 0.0533 e. The predicted molar refractivity (Wildman–Crippen MR) is 36.7 cm³/mol. The minimum absolute atomic E-state index is 0. The van der Waals surface area contributed by atoms with Gasteiger partial charge in [0.15, 0.2) is 0 Å². The highest BCUT2D eigenvalue weighted by molar-refractivity contribution is 5.85. The summed E-state index contributed by atoms with van der Waals surface area (Å²) in [4.78, 5) is 0. The molecule has 0 aromatic rings. The van der Waals surface area contributed by atoms with Gasteiger partial charge in [-0.15, -0.1) is 12.4 Å². The van der Waals surface area contributed by atoms with Gasteiger partial charge in [0.1, 0.15) is 0 Å². The Hall–Kier alpha value is 0.170. The van der Waals surface area contributed by atoms with Crippen LogP contribution in [0.4, 0.5) is 0 Å². The molecule has 0 bridgehead atoms. The van der Waals surface area contributed by atoms with Crippen molar-refractivity contribution in [1.82, 2.24) is 5.32 Å². The molecular formula is C5H12ClNO2. The third-order valence-electron chi connectivity index (χ3n) is 1.67. The SMILES string of the molecule is Cl.OCC1(CO)CNC1. The molecule has 3 nitrogen and oxygen atoms in total. The van der Waals surface area contributed by atoms with Crippen molar-refractivity contribution in [3.63, 3.8) is 0 Å². The fourth-order valence-corrected chi connectivity index (χ4v) is 0.752. The molecule has 1 rings (SSSR count). The quantitative estimate of drug-likeness (QED) is 0.476. The zero-order valence-electron chi connectivity index (χ0n) is 5.13. The van der Waals surface area contributed by atoms with E-state index in [4.69, 9.17) is 10.2 Å². The summed E-state index contributed by atoms with van der Waals surface area (Å²) in [6.07, 6.45) is 0. The second-order valence-corrected chi connectivity index (χ2v) is 2.42. The van der Waals surface area contributed by atoms with Crippen molar-refractivity contribution in [2.75, 3.05) is 26.3 Å². The van der Waals surface area contributed by atoms with E-state index in [9.17, 15) is 0 Å². The Morgan fingerprint density at radius 3 is 1.67 bits per heavy atom. The summed E-state index contributed by atoms with van der Waals surface area (Å²) in [6.45, 7) is 1.69. The van der Waals surface area contributed by atoms with Crippen molar-refractivity contribution in [2.45, 2.75) is 0 Å². The fraction of sp³-hybridized carbons (Fsp3) is 1.00. The Kier molecular flexibility index (Phi) is 3.43. The first-order chi connectivity index (χ1) is 3.83. The van der Waals surface area contributed by atoms with E-state index in [0.717, 1.165) is 13.1 Å². The fourth-order valence-electron chi connectivity index (χ4n) is 0.752. The van der Waals surface area contributed by atoms with Crippen molar-refractivity contribution in [2.24, 2.45) is 5.41 Å². The number of halogens is 1. The molecule has 0 aromatic heterocycles. The molecule has 56 valence electrons. The first-order valence-electron chi connectivity index (χ1n) is 2.75. The summed E-state index contributed by atoms with van der Waals surface area (Å²) in [5.74, 6) is 0. The zero-order valence-corrected chi connectivity index (χ0v) is 5.95. The molecule has 4 heteroatoms. The zero-order chi connectivity index (χ0) is 6.04. The van der Waals surface area contributed by atoms with Gasteiger partial charge in [-0.05, 0) is 0 Å². The highest BCUT2D eigenvalue weighted by atomic mass is 35.5.